The Bertz CT molecular complexity index is 1050. The van der Waals surface area contributed by atoms with E-state index >= 15 is 0 Å². The first-order valence-corrected chi connectivity index (χ1v) is 14.8. The molecule has 0 saturated carbocycles. The molecule has 0 N–H and O–H groups in total. The molecule has 14 heteroatoms. The van der Waals surface area contributed by atoms with Gasteiger partial charge in [0.05, 0.1) is 0 Å². The predicted molar refractivity (Wildman–Crippen MR) is 156 cm³/mol. The first-order chi connectivity index (χ1) is 21.2. The molecule has 1 rings (SSSR count). The highest BCUT2D eigenvalue weighted by molar-refractivity contribution is 5.69. The van der Waals surface area contributed by atoms with Crippen molar-refractivity contribution < 1.29 is 66.7 Å². The lowest BCUT2D eigenvalue weighted by Crippen LogP contribution is -2.63. The van der Waals surface area contributed by atoms with Crippen LogP contribution in [0.3, 0.4) is 0 Å². The van der Waals surface area contributed by atoms with E-state index in [4.69, 9.17) is 37.9 Å². The molecule has 45 heavy (non-hydrogen) atoms. The number of carbonyl (C=O) groups excluding carboxylic acids is 6. The van der Waals surface area contributed by atoms with Crippen LogP contribution in [0.1, 0.15) is 80.6 Å². The molecule has 0 amide bonds. The lowest BCUT2D eigenvalue weighted by Gasteiger charge is -2.45. The van der Waals surface area contributed by atoms with Crippen molar-refractivity contribution in [2.75, 3.05) is 13.2 Å². The lowest BCUT2D eigenvalue weighted by atomic mass is 9.98. The molecule has 1 aliphatic rings. The van der Waals surface area contributed by atoms with Crippen LogP contribution >= 0.6 is 0 Å². The van der Waals surface area contributed by atoms with Crippen LogP contribution in [0.25, 0.3) is 0 Å². The molecular formula is C31H46O14. The van der Waals surface area contributed by atoms with Crippen molar-refractivity contribution in [3.05, 3.63) is 24.3 Å². The summed E-state index contributed by atoms with van der Waals surface area (Å²) in [4.78, 5) is 71.6. The van der Waals surface area contributed by atoms with Gasteiger partial charge in [-0.15, -0.1) is 0 Å². The van der Waals surface area contributed by atoms with Gasteiger partial charge in [-0.1, -0.05) is 50.5 Å². The predicted octanol–water partition coefficient (Wildman–Crippen LogP) is 3.03. The topological polar surface area (TPSA) is 176 Å². The summed E-state index contributed by atoms with van der Waals surface area (Å²) in [6.45, 7) is 8.04. The summed E-state index contributed by atoms with van der Waals surface area (Å²) >= 11 is 0. The van der Waals surface area contributed by atoms with Crippen LogP contribution in [-0.4, -0.2) is 91.9 Å². The summed E-state index contributed by atoms with van der Waals surface area (Å²) in [5.74, 6) is -4.44. The zero-order valence-electron chi connectivity index (χ0n) is 27.0. The third-order valence-electron chi connectivity index (χ3n) is 6.15. The van der Waals surface area contributed by atoms with Crippen molar-refractivity contribution in [3.63, 3.8) is 0 Å². The monoisotopic (exact) mass is 642 g/mol. The minimum absolute atomic E-state index is 0.407. The van der Waals surface area contributed by atoms with E-state index in [0.717, 1.165) is 66.7 Å². The van der Waals surface area contributed by atoms with Gasteiger partial charge in [-0.3, -0.25) is 28.8 Å². The van der Waals surface area contributed by atoms with Crippen LogP contribution in [0.5, 0.6) is 0 Å². The van der Waals surface area contributed by atoms with E-state index in [1.54, 1.807) is 12.2 Å². The Balaban J connectivity index is 3.57. The van der Waals surface area contributed by atoms with Gasteiger partial charge < -0.3 is 37.9 Å². The molecule has 0 radical (unpaired) electrons. The molecule has 0 aromatic rings. The van der Waals surface area contributed by atoms with E-state index in [1.807, 2.05) is 6.08 Å². The van der Waals surface area contributed by atoms with E-state index in [1.165, 1.54) is 13.0 Å². The second kappa shape index (κ2) is 21.0. The molecule has 1 fully saturated rings. The molecule has 254 valence electrons. The number of carbonyl (C=O) groups is 6. The summed E-state index contributed by atoms with van der Waals surface area (Å²) in [5, 5.41) is 0. The van der Waals surface area contributed by atoms with Gasteiger partial charge in [-0.2, -0.15) is 0 Å². The van der Waals surface area contributed by atoms with Crippen molar-refractivity contribution in [3.8, 4) is 0 Å². The van der Waals surface area contributed by atoms with E-state index in [2.05, 4.69) is 6.92 Å². The van der Waals surface area contributed by atoms with Crippen LogP contribution < -0.4 is 0 Å². The summed E-state index contributed by atoms with van der Waals surface area (Å²) in [6, 6.07) is 0. The van der Waals surface area contributed by atoms with E-state index in [0.29, 0.717) is 0 Å². The fourth-order valence-electron chi connectivity index (χ4n) is 4.36. The molecule has 14 nitrogen and oxygen atoms in total. The van der Waals surface area contributed by atoms with Gasteiger partial charge in [0.25, 0.3) is 0 Å². The van der Waals surface area contributed by atoms with Gasteiger partial charge in [-0.25, -0.2) is 0 Å². The van der Waals surface area contributed by atoms with Gasteiger partial charge in [0.2, 0.25) is 0 Å². The summed E-state index contributed by atoms with van der Waals surface area (Å²) in [6.07, 6.45) is 2.49. The SMILES string of the molecule is CCCCCC/C=C\C=C\[C@H](O[C@@H]1O[C@H](COC(C)=O)[C@H](OC(C)=O)[C@H](OC(C)=O)[C@H]1OC(C)=O)[C@@H](COC(C)=O)OC(C)=O. The fourth-order valence-corrected chi connectivity index (χ4v) is 4.36. The molecular weight excluding hydrogens is 596 g/mol. The zero-order valence-corrected chi connectivity index (χ0v) is 27.0. The molecule has 1 heterocycles. The van der Waals surface area contributed by atoms with Crippen molar-refractivity contribution in [1.29, 1.82) is 0 Å². The standard InChI is InChI=1S/C31H46O14/c1-8-9-10-11-12-13-14-15-16-25(26(40-21(4)34)17-38-19(2)32)44-31-30(43-24(7)37)29(42-23(6)36)28(41-22(5)35)27(45-31)18-39-20(3)33/h13-16,25-31H,8-12,17-18H2,1-7H3/b14-13-,16-15+/t25-,26+,27+,28-,29-,30+,31+/m0/s1. The van der Waals surface area contributed by atoms with Crippen LogP contribution in [0.2, 0.25) is 0 Å². The first-order valence-electron chi connectivity index (χ1n) is 14.8. The number of unbranched alkanes of at least 4 members (excludes halogenated alkanes) is 4. The van der Waals surface area contributed by atoms with Crippen LogP contribution in [0.4, 0.5) is 0 Å². The number of ether oxygens (including phenoxy) is 8. The Hall–Kier alpha value is -3.78. The second-order valence-corrected chi connectivity index (χ2v) is 10.3. The van der Waals surface area contributed by atoms with Crippen LogP contribution in [0.15, 0.2) is 24.3 Å². The smallest absolute Gasteiger partial charge is 0.303 e. The highest BCUT2D eigenvalue weighted by atomic mass is 16.7. The van der Waals surface area contributed by atoms with Gasteiger partial charge in [-0.05, 0) is 12.8 Å². The number of esters is 6. The number of rotatable bonds is 18. The van der Waals surface area contributed by atoms with Gasteiger partial charge >= 0.3 is 35.8 Å². The van der Waals surface area contributed by atoms with E-state index in [9.17, 15) is 28.8 Å². The minimum Gasteiger partial charge on any atom is -0.463 e. The maximum absolute atomic E-state index is 12.2. The Morgan fingerprint density at radius 2 is 1.29 bits per heavy atom. The zero-order chi connectivity index (χ0) is 33.9. The summed E-state index contributed by atoms with van der Waals surface area (Å²) < 4.78 is 44.1. The highest BCUT2D eigenvalue weighted by Gasteiger charge is 2.53. The van der Waals surface area contributed by atoms with Crippen LogP contribution in [0, 0.1) is 0 Å². The van der Waals surface area contributed by atoms with Gasteiger partial charge in [0.15, 0.2) is 30.7 Å². The van der Waals surface area contributed by atoms with Gasteiger partial charge in [0.1, 0.15) is 25.4 Å². The summed E-state index contributed by atoms with van der Waals surface area (Å²) in [7, 11) is 0. The molecule has 0 bridgehead atoms. The van der Waals surface area contributed by atoms with Crippen molar-refractivity contribution in [1.82, 2.24) is 0 Å². The molecule has 0 aliphatic carbocycles. The quantitative estimate of drug-likeness (QED) is 0.0922. The van der Waals surface area contributed by atoms with Gasteiger partial charge in [0, 0.05) is 41.5 Å². The largest absolute Gasteiger partial charge is 0.463 e. The first kappa shape index (κ1) is 39.2. The van der Waals surface area contributed by atoms with E-state index < -0.39 is 91.9 Å². The third kappa shape index (κ3) is 16.2. The minimum atomic E-state index is -1.56. The maximum Gasteiger partial charge on any atom is 0.303 e. The Morgan fingerprint density at radius 1 is 0.689 bits per heavy atom. The molecule has 0 aromatic heterocycles. The molecule has 7 atom stereocenters. The number of allylic oxidation sites excluding steroid dienone is 3. The lowest BCUT2D eigenvalue weighted by molar-refractivity contribution is -0.318. The fraction of sp³-hybridized carbons (Fsp3) is 0.677. The molecule has 0 spiro atoms. The maximum atomic E-state index is 12.2. The van der Waals surface area contributed by atoms with Crippen molar-refractivity contribution >= 4 is 35.8 Å². The average molecular weight is 643 g/mol. The number of hydrogen-bond acceptors (Lipinski definition) is 14. The van der Waals surface area contributed by atoms with Crippen LogP contribution in [-0.2, 0) is 66.7 Å². The molecule has 0 aromatic carbocycles. The Morgan fingerprint density at radius 3 is 1.84 bits per heavy atom. The summed E-state index contributed by atoms with van der Waals surface area (Å²) in [5.41, 5.74) is 0. The van der Waals surface area contributed by atoms with E-state index in [-0.39, 0.29) is 0 Å². The second-order valence-electron chi connectivity index (χ2n) is 10.3. The Labute approximate surface area is 263 Å². The third-order valence-corrected chi connectivity index (χ3v) is 6.15. The van der Waals surface area contributed by atoms with Crippen molar-refractivity contribution in [2.45, 2.75) is 123 Å². The Kier molecular flexibility index (Phi) is 18.4. The molecule has 1 aliphatic heterocycles. The van der Waals surface area contributed by atoms with Crippen molar-refractivity contribution in [2.24, 2.45) is 0 Å². The number of hydrogen-bond donors (Lipinski definition) is 0. The highest BCUT2D eigenvalue weighted by Crippen LogP contribution is 2.31. The molecule has 0 unspecified atom stereocenters. The normalized spacial score (nSPS) is 22.7. The molecule has 1 saturated heterocycles. The average Bonchev–Trinajstić information content (AvgIpc) is 2.92.